The first-order valence-electron chi connectivity index (χ1n) is 10.4. The molecule has 1 amide bonds. The molecule has 0 spiro atoms. The van der Waals surface area contributed by atoms with Crippen LogP contribution in [0.1, 0.15) is 23.2 Å². The molecule has 2 aromatic carbocycles. The smallest absolute Gasteiger partial charge is 0.267 e. The predicted molar refractivity (Wildman–Crippen MR) is 121 cm³/mol. The van der Waals surface area contributed by atoms with Crippen LogP contribution >= 0.6 is 0 Å². The monoisotopic (exact) mass is 397 g/mol. The zero-order chi connectivity index (χ0) is 20.9. The number of anilines is 2. The standard InChI is InChI=1S/C23H24BN5O/c1-26-23-27-13-10-21(28-23)29(15-17-8-11-24(16-25)12-9-17)22(30)20-7-6-18-4-2-3-5-19(18)14-20/h2-7,10,13-14,17H,8-9,11-12,15H2,1H3,(H,26,27,28). The molecule has 3 aromatic rings. The quantitative estimate of drug-likeness (QED) is 0.650. The van der Waals surface area contributed by atoms with Gasteiger partial charge in [-0.2, -0.15) is 4.98 Å². The summed E-state index contributed by atoms with van der Waals surface area (Å²) >= 11 is 0. The maximum atomic E-state index is 13.6. The number of carbonyl (C=O) groups excluding carboxylic acids is 1. The molecule has 1 fully saturated rings. The van der Waals surface area contributed by atoms with Crippen LogP contribution in [0.25, 0.3) is 10.8 Å². The maximum Gasteiger partial charge on any atom is 0.267 e. The van der Waals surface area contributed by atoms with Gasteiger partial charge in [0.2, 0.25) is 5.95 Å². The van der Waals surface area contributed by atoms with Crippen LogP contribution in [0, 0.1) is 17.1 Å². The number of benzene rings is 2. The molecule has 1 saturated heterocycles. The summed E-state index contributed by atoms with van der Waals surface area (Å²) in [7, 11) is 1.76. The normalized spacial score (nSPS) is 14.3. The number of hydrogen-bond acceptors (Lipinski definition) is 5. The summed E-state index contributed by atoms with van der Waals surface area (Å²) in [5, 5.41) is 14.3. The van der Waals surface area contributed by atoms with Crippen LogP contribution in [0.2, 0.25) is 12.6 Å². The van der Waals surface area contributed by atoms with Gasteiger partial charge in [0, 0.05) is 31.3 Å². The van der Waals surface area contributed by atoms with E-state index in [2.05, 4.69) is 21.3 Å². The van der Waals surface area contributed by atoms with Crippen molar-refractivity contribution in [2.24, 2.45) is 5.92 Å². The van der Waals surface area contributed by atoms with Crippen molar-refractivity contribution in [3.05, 3.63) is 60.3 Å². The molecule has 0 radical (unpaired) electrons. The summed E-state index contributed by atoms with van der Waals surface area (Å²) in [6.45, 7) is 0.727. The Bertz CT molecular complexity index is 1090. The molecule has 6 nitrogen and oxygen atoms in total. The highest BCUT2D eigenvalue weighted by atomic mass is 16.2. The van der Waals surface area contributed by atoms with E-state index in [4.69, 9.17) is 0 Å². The van der Waals surface area contributed by atoms with Crippen LogP contribution in [0.15, 0.2) is 54.7 Å². The molecule has 1 aromatic heterocycles. The number of fused-ring (bicyclic) bond motifs is 1. The second-order valence-corrected chi connectivity index (χ2v) is 7.81. The number of nitrogens with one attached hydrogen (secondary N) is 1. The van der Waals surface area contributed by atoms with Crippen LogP contribution in [-0.4, -0.2) is 36.2 Å². The molecular weight excluding hydrogens is 373 g/mol. The summed E-state index contributed by atoms with van der Waals surface area (Å²) in [4.78, 5) is 24.1. The maximum absolute atomic E-state index is 13.6. The second-order valence-electron chi connectivity index (χ2n) is 7.81. The van der Waals surface area contributed by atoms with E-state index >= 15 is 0 Å². The van der Waals surface area contributed by atoms with Gasteiger partial charge in [0.1, 0.15) is 5.82 Å². The Hall–Kier alpha value is -3.40. The Labute approximate surface area is 177 Å². The van der Waals surface area contributed by atoms with E-state index in [1.165, 1.54) is 0 Å². The highest BCUT2D eigenvalue weighted by molar-refractivity contribution is 6.67. The molecular formula is C23H24BN5O. The Morgan fingerprint density at radius 3 is 2.70 bits per heavy atom. The zero-order valence-electron chi connectivity index (χ0n) is 17.1. The van der Waals surface area contributed by atoms with Crippen LogP contribution in [0.5, 0.6) is 0 Å². The molecule has 4 rings (SSSR count). The van der Waals surface area contributed by atoms with E-state index < -0.39 is 0 Å². The molecule has 150 valence electrons. The number of nitrogens with zero attached hydrogens (tertiary/aromatic N) is 4. The lowest BCUT2D eigenvalue weighted by atomic mass is 9.42. The first kappa shape index (κ1) is 19.9. The number of amides is 1. The SMILES string of the molecule is CNc1nccc(N(CC2CCB(C#N)CC2)C(=O)c2ccc3ccccc3c2)n1. The molecule has 1 aliphatic rings. The third-order valence-electron chi connectivity index (χ3n) is 5.85. The van der Waals surface area contributed by atoms with Crippen molar-refractivity contribution in [3.63, 3.8) is 0 Å². The summed E-state index contributed by atoms with van der Waals surface area (Å²) in [6.07, 6.45) is 5.35. The number of carbonyl (C=O) groups is 1. The average molecular weight is 397 g/mol. The Balaban J connectivity index is 1.64. The van der Waals surface area contributed by atoms with E-state index in [0.717, 1.165) is 36.3 Å². The third kappa shape index (κ3) is 4.28. The van der Waals surface area contributed by atoms with Gasteiger partial charge in [-0.05, 0) is 34.9 Å². The Morgan fingerprint density at radius 2 is 1.97 bits per heavy atom. The third-order valence-corrected chi connectivity index (χ3v) is 5.85. The van der Waals surface area contributed by atoms with Gasteiger partial charge in [0.25, 0.3) is 12.6 Å². The van der Waals surface area contributed by atoms with Crippen LogP contribution in [-0.2, 0) is 0 Å². The topological polar surface area (TPSA) is 81.9 Å². The molecule has 1 aliphatic heterocycles. The number of nitriles is 1. The van der Waals surface area contributed by atoms with E-state index in [-0.39, 0.29) is 12.6 Å². The van der Waals surface area contributed by atoms with Gasteiger partial charge >= 0.3 is 0 Å². The van der Waals surface area contributed by atoms with Crippen molar-refractivity contribution in [1.29, 1.82) is 5.26 Å². The minimum absolute atomic E-state index is 0.0658. The van der Waals surface area contributed by atoms with Gasteiger partial charge in [-0.1, -0.05) is 55.8 Å². The predicted octanol–water partition coefficient (Wildman–Crippen LogP) is 4.29. The summed E-state index contributed by atoms with van der Waals surface area (Å²) in [5.41, 5.74) is 0.643. The molecule has 7 heteroatoms. The first-order chi connectivity index (χ1) is 14.7. The van der Waals surface area contributed by atoms with E-state index in [1.54, 1.807) is 24.2 Å². The minimum Gasteiger partial charge on any atom is -0.357 e. The fourth-order valence-electron chi connectivity index (χ4n) is 4.11. The number of aromatic nitrogens is 2. The number of hydrogen-bond donors (Lipinski definition) is 1. The fourth-order valence-corrected chi connectivity index (χ4v) is 4.11. The van der Waals surface area contributed by atoms with E-state index in [1.807, 2.05) is 42.5 Å². The van der Waals surface area contributed by atoms with Gasteiger partial charge in [0.15, 0.2) is 0 Å². The van der Waals surface area contributed by atoms with Gasteiger partial charge in [-0.3, -0.25) is 9.69 Å². The lowest BCUT2D eigenvalue weighted by molar-refractivity contribution is 0.0981. The van der Waals surface area contributed by atoms with Crippen molar-refractivity contribution < 1.29 is 4.79 Å². The van der Waals surface area contributed by atoms with Crippen LogP contribution in [0.4, 0.5) is 11.8 Å². The average Bonchev–Trinajstić information content (AvgIpc) is 2.82. The molecule has 0 aliphatic carbocycles. The van der Waals surface area contributed by atoms with Gasteiger partial charge < -0.3 is 5.32 Å². The molecule has 2 heterocycles. The van der Waals surface area contributed by atoms with Gasteiger partial charge in [-0.15, -0.1) is 0 Å². The number of rotatable bonds is 5. The van der Waals surface area contributed by atoms with Crippen molar-refractivity contribution in [3.8, 4) is 5.97 Å². The van der Waals surface area contributed by atoms with Gasteiger partial charge in [0.05, 0.1) is 0 Å². The first-order valence-corrected chi connectivity index (χ1v) is 10.4. The molecule has 1 N–H and O–H groups in total. The summed E-state index contributed by atoms with van der Waals surface area (Å²) < 4.78 is 0. The lowest BCUT2D eigenvalue weighted by Gasteiger charge is -2.30. The van der Waals surface area contributed by atoms with Crippen LogP contribution < -0.4 is 10.2 Å². The highest BCUT2D eigenvalue weighted by Gasteiger charge is 2.28. The largest absolute Gasteiger partial charge is 0.357 e. The van der Waals surface area contributed by atoms with Crippen molar-refractivity contribution in [2.75, 3.05) is 23.8 Å². The minimum atomic E-state index is -0.0658. The Kier molecular flexibility index (Phi) is 5.94. The zero-order valence-corrected chi connectivity index (χ0v) is 17.1. The molecule has 0 bridgehead atoms. The molecule has 0 saturated carbocycles. The molecule has 0 atom stereocenters. The lowest BCUT2D eigenvalue weighted by Crippen LogP contribution is -2.38. The van der Waals surface area contributed by atoms with E-state index in [9.17, 15) is 10.1 Å². The molecule has 30 heavy (non-hydrogen) atoms. The summed E-state index contributed by atoms with van der Waals surface area (Å²) in [6, 6.07) is 15.6. The van der Waals surface area contributed by atoms with E-state index in [0.29, 0.717) is 29.8 Å². The molecule has 0 unspecified atom stereocenters. The fraction of sp³-hybridized carbons (Fsp3) is 0.304. The highest BCUT2D eigenvalue weighted by Crippen LogP contribution is 2.28. The second kappa shape index (κ2) is 8.96. The van der Waals surface area contributed by atoms with Crippen molar-refractivity contribution >= 4 is 35.2 Å². The Morgan fingerprint density at radius 1 is 1.20 bits per heavy atom. The van der Waals surface area contributed by atoms with Gasteiger partial charge in [-0.25, -0.2) is 10.2 Å². The summed E-state index contributed by atoms with van der Waals surface area (Å²) in [5.74, 6) is 3.74. The van der Waals surface area contributed by atoms with Crippen LogP contribution in [0.3, 0.4) is 0 Å². The van der Waals surface area contributed by atoms with Crippen molar-refractivity contribution in [1.82, 2.24) is 9.97 Å². The van der Waals surface area contributed by atoms with Crippen molar-refractivity contribution in [2.45, 2.75) is 25.5 Å².